The molecule has 0 spiro atoms. The van der Waals surface area contributed by atoms with Gasteiger partial charge in [-0.05, 0) is 24.0 Å². The zero-order valence-electron chi connectivity index (χ0n) is 11.4. The molecule has 2 heterocycles. The first-order valence-corrected chi connectivity index (χ1v) is 6.98. The minimum atomic E-state index is -4.40. The Morgan fingerprint density at radius 2 is 1.95 bits per heavy atom. The van der Waals surface area contributed by atoms with Crippen molar-refractivity contribution >= 4 is 5.91 Å². The van der Waals surface area contributed by atoms with Gasteiger partial charge in [0, 0.05) is 12.5 Å². The minimum absolute atomic E-state index is 0.0202. The lowest BCUT2D eigenvalue weighted by Gasteiger charge is -2.46. The van der Waals surface area contributed by atoms with E-state index in [2.05, 4.69) is 10.8 Å². The molecule has 1 aromatic rings. The number of rotatable bonds is 3. The van der Waals surface area contributed by atoms with E-state index >= 15 is 0 Å². The predicted molar refractivity (Wildman–Crippen MR) is 69.7 cm³/mol. The number of halogens is 3. The van der Waals surface area contributed by atoms with Gasteiger partial charge < -0.3 is 9.64 Å². The van der Waals surface area contributed by atoms with Crippen molar-refractivity contribution in [3.63, 3.8) is 0 Å². The van der Waals surface area contributed by atoms with Crippen molar-refractivity contribution in [1.82, 2.24) is 4.90 Å². The molecule has 2 aliphatic heterocycles. The van der Waals surface area contributed by atoms with E-state index in [9.17, 15) is 18.0 Å². The molecule has 0 radical (unpaired) electrons. The summed E-state index contributed by atoms with van der Waals surface area (Å²) in [5, 5.41) is 0. The predicted octanol–water partition coefficient (Wildman–Crippen LogP) is 3.03. The summed E-state index contributed by atoms with van der Waals surface area (Å²) in [6.45, 7) is -1.31. The highest BCUT2D eigenvalue weighted by molar-refractivity contribution is 5.78. The Labute approximate surface area is 120 Å². The molecule has 3 aliphatic rings. The maximum Gasteiger partial charge on any atom is 0.411 e. The first-order valence-electron chi connectivity index (χ1n) is 6.98. The summed E-state index contributed by atoms with van der Waals surface area (Å²) in [7, 11) is 0. The van der Waals surface area contributed by atoms with Crippen LogP contribution in [-0.2, 0) is 9.53 Å². The Hall–Kier alpha value is -1.56. The van der Waals surface area contributed by atoms with Crippen molar-refractivity contribution < 1.29 is 22.7 Å². The SMILES string of the molecule is O=C(COCC(F)(F)F)N1C[C@@H]2CC[C@H]1c1ccccc12. The molecule has 4 rings (SSSR count). The summed E-state index contributed by atoms with van der Waals surface area (Å²) in [5.74, 6) is -0.0683. The van der Waals surface area contributed by atoms with E-state index in [-0.39, 0.29) is 17.9 Å². The topological polar surface area (TPSA) is 29.5 Å². The molecule has 1 aromatic carbocycles. The highest BCUT2D eigenvalue weighted by Crippen LogP contribution is 2.46. The van der Waals surface area contributed by atoms with Gasteiger partial charge in [0.05, 0.1) is 6.04 Å². The number of carbonyl (C=O) groups excluding carboxylic acids is 1. The zero-order valence-corrected chi connectivity index (χ0v) is 11.4. The minimum Gasteiger partial charge on any atom is -0.362 e. The second-order valence-corrected chi connectivity index (χ2v) is 5.57. The molecule has 0 saturated carbocycles. The number of fused-ring (bicyclic) bond motifs is 2. The molecule has 1 amide bonds. The average Bonchev–Trinajstić information content (AvgIpc) is 2.46. The van der Waals surface area contributed by atoms with Gasteiger partial charge in [0.15, 0.2) is 0 Å². The Morgan fingerprint density at radius 3 is 2.67 bits per heavy atom. The third kappa shape index (κ3) is 2.90. The van der Waals surface area contributed by atoms with Crippen LogP contribution in [0.5, 0.6) is 0 Å². The van der Waals surface area contributed by atoms with E-state index in [1.54, 1.807) is 4.90 Å². The van der Waals surface area contributed by atoms with Crippen LogP contribution in [0.2, 0.25) is 0 Å². The smallest absolute Gasteiger partial charge is 0.362 e. The van der Waals surface area contributed by atoms with E-state index in [4.69, 9.17) is 0 Å². The van der Waals surface area contributed by atoms with E-state index in [1.165, 1.54) is 5.56 Å². The molecule has 0 N–H and O–H groups in total. The fourth-order valence-electron chi connectivity index (χ4n) is 3.35. The third-order valence-electron chi connectivity index (χ3n) is 4.19. The van der Waals surface area contributed by atoms with Crippen LogP contribution in [0.25, 0.3) is 0 Å². The highest BCUT2D eigenvalue weighted by atomic mass is 19.4. The van der Waals surface area contributed by atoms with Gasteiger partial charge in [-0.25, -0.2) is 0 Å². The number of benzene rings is 1. The molecule has 6 heteroatoms. The molecule has 1 aliphatic carbocycles. The molecule has 0 unspecified atom stereocenters. The largest absolute Gasteiger partial charge is 0.411 e. The summed E-state index contributed by atoms with van der Waals surface area (Å²) in [6.07, 6.45) is -2.50. The van der Waals surface area contributed by atoms with Crippen LogP contribution in [0.15, 0.2) is 24.3 Å². The van der Waals surface area contributed by atoms with E-state index in [0.29, 0.717) is 6.54 Å². The Morgan fingerprint density at radius 1 is 1.24 bits per heavy atom. The van der Waals surface area contributed by atoms with Crippen LogP contribution in [0.4, 0.5) is 13.2 Å². The van der Waals surface area contributed by atoms with Crippen LogP contribution in [0.1, 0.15) is 35.9 Å². The van der Waals surface area contributed by atoms with Gasteiger partial charge in [0.25, 0.3) is 0 Å². The van der Waals surface area contributed by atoms with Crippen molar-refractivity contribution in [1.29, 1.82) is 0 Å². The summed E-state index contributed by atoms with van der Waals surface area (Å²) >= 11 is 0. The van der Waals surface area contributed by atoms with Crippen LogP contribution in [-0.4, -0.2) is 36.7 Å². The van der Waals surface area contributed by atoms with Crippen molar-refractivity contribution in [2.45, 2.75) is 31.0 Å². The van der Waals surface area contributed by atoms with Crippen LogP contribution < -0.4 is 0 Å². The fraction of sp³-hybridized carbons (Fsp3) is 0.533. The van der Waals surface area contributed by atoms with Crippen molar-refractivity contribution in [3.05, 3.63) is 35.4 Å². The van der Waals surface area contributed by atoms with Gasteiger partial charge in [0.1, 0.15) is 13.2 Å². The van der Waals surface area contributed by atoms with Gasteiger partial charge in [0.2, 0.25) is 5.91 Å². The van der Waals surface area contributed by atoms with E-state index in [0.717, 1.165) is 18.4 Å². The number of alkyl halides is 3. The fourth-order valence-corrected chi connectivity index (χ4v) is 3.35. The van der Waals surface area contributed by atoms with Crippen molar-refractivity contribution in [2.24, 2.45) is 0 Å². The van der Waals surface area contributed by atoms with Crippen LogP contribution >= 0.6 is 0 Å². The average molecular weight is 299 g/mol. The number of hydrogen-bond donors (Lipinski definition) is 0. The third-order valence-corrected chi connectivity index (χ3v) is 4.19. The lowest BCUT2D eigenvalue weighted by Crippen LogP contribution is -2.47. The number of carbonyl (C=O) groups is 1. The molecule has 2 atom stereocenters. The second kappa shape index (κ2) is 5.33. The zero-order chi connectivity index (χ0) is 15.0. The number of amides is 1. The molecule has 2 bridgehead atoms. The standard InChI is InChI=1S/C15H16F3NO2/c16-15(17,18)9-21-8-14(20)19-7-10-5-6-13(19)12-4-2-1-3-11(10)12/h1-4,10,13H,5-9H2/t10-,13-/m0/s1. The molecule has 1 fully saturated rings. The van der Waals surface area contributed by atoms with Crippen molar-refractivity contribution in [3.8, 4) is 0 Å². The monoisotopic (exact) mass is 299 g/mol. The summed E-state index contributed by atoms with van der Waals surface area (Å²) < 4.78 is 40.6. The van der Waals surface area contributed by atoms with Gasteiger partial charge in [-0.1, -0.05) is 24.3 Å². The summed E-state index contributed by atoms with van der Waals surface area (Å²) in [5.41, 5.74) is 2.40. The molecule has 3 nitrogen and oxygen atoms in total. The number of ether oxygens (including phenoxy) is 1. The normalized spacial score (nSPS) is 24.0. The Balaban J connectivity index is 1.67. The van der Waals surface area contributed by atoms with Gasteiger partial charge >= 0.3 is 6.18 Å². The number of piperidine rings is 1. The highest BCUT2D eigenvalue weighted by Gasteiger charge is 2.40. The molecular formula is C15H16F3NO2. The second-order valence-electron chi connectivity index (χ2n) is 5.57. The first kappa shape index (κ1) is 14.4. The van der Waals surface area contributed by atoms with Crippen LogP contribution in [0.3, 0.4) is 0 Å². The van der Waals surface area contributed by atoms with Gasteiger partial charge in [-0.15, -0.1) is 0 Å². The van der Waals surface area contributed by atoms with Gasteiger partial charge in [-0.3, -0.25) is 4.79 Å². The van der Waals surface area contributed by atoms with Crippen molar-refractivity contribution in [2.75, 3.05) is 19.8 Å². The van der Waals surface area contributed by atoms with E-state index in [1.807, 2.05) is 18.2 Å². The molecule has 21 heavy (non-hydrogen) atoms. The lowest BCUT2D eigenvalue weighted by atomic mass is 9.75. The maximum atomic E-state index is 12.1. The Bertz CT molecular complexity index is 544. The Kier molecular flexibility index (Phi) is 3.65. The molecule has 114 valence electrons. The van der Waals surface area contributed by atoms with E-state index < -0.39 is 19.4 Å². The van der Waals surface area contributed by atoms with Gasteiger partial charge in [-0.2, -0.15) is 13.2 Å². The quantitative estimate of drug-likeness (QED) is 0.858. The number of nitrogens with zero attached hydrogens (tertiary/aromatic N) is 1. The summed E-state index contributed by atoms with van der Waals surface area (Å²) in [6, 6.07) is 7.98. The molecule has 1 saturated heterocycles. The molecular weight excluding hydrogens is 283 g/mol. The van der Waals surface area contributed by atoms with Crippen LogP contribution in [0, 0.1) is 0 Å². The first-order chi connectivity index (χ1) is 9.96. The number of hydrogen-bond acceptors (Lipinski definition) is 2. The molecule has 0 aromatic heterocycles. The summed E-state index contributed by atoms with van der Waals surface area (Å²) in [4.78, 5) is 13.8. The maximum absolute atomic E-state index is 12.1. The lowest BCUT2D eigenvalue weighted by molar-refractivity contribution is -0.179.